The highest BCUT2D eigenvalue weighted by atomic mass is 32.2. The zero-order chi connectivity index (χ0) is 21.1. The van der Waals surface area contributed by atoms with Crippen LogP contribution in [-0.4, -0.2) is 31.2 Å². The summed E-state index contributed by atoms with van der Waals surface area (Å²) in [5.41, 5.74) is 2.16. The molecule has 0 aliphatic rings. The van der Waals surface area contributed by atoms with Crippen LogP contribution in [-0.2, 0) is 11.8 Å². The van der Waals surface area contributed by atoms with Gasteiger partial charge in [0, 0.05) is 12.6 Å². The van der Waals surface area contributed by atoms with Gasteiger partial charge in [0.15, 0.2) is 0 Å². The first-order valence-corrected chi connectivity index (χ1v) is 10.2. The van der Waals surface area contributed by atoms with Crippen LogP contribution in [0.15, 0.2) is 75.1 Å². The maximum Gasteiger partial charge on any atom is 0.295 e. The Kier molecular flexibility index (Phi) is 5.53. The van der Waals surface area contributed by atoms with Gasteiger partial charge in [0.05, 0.1) is 17.1 Å². The van der Waals surface area contributed by atoms with E-state index in [0.717, 1.165) is 23.0 Å². The van der Waals surface area contributed by atoms with Gasteiger partial charge in [0.2, 0.25) is 11.8 Å². The minimum absolute atomic E-state index is 0.0372. The Labute approximate surface area is 176 Å². The molecule has 0 aliphatic carbocycles. The molecule has 0 bridgehead atoms. The number of nitrogens with zero attached hydrogens (tertiary/aromatic N) is 4. The number of anilines is 1. The molecule has 0 aliphatic heterocycles. The lowest BCUT2D eigenvalue weighted by Gasteiger charge is -2.07. The summed E-state index contributed by atoms with van der Waals surface area (Å²) in [6.45, 7) is 1.79. The first kappa shape index (κ1) is 19.7. The van der Waals surface area contributed by atoms with E-state index >= 15 is 0 Å². The molecule has 0 saturated carbocycles. The van der Waals surface area contributed by atoms with Gasteiger partial charge in [-0.15, -0.1) is 10.2 Å². The minimum Gasteiger partial charge on any atom is -0.411 e. The van der Waals surface area contributed by atoms with E-state index < -0.39 is 0 Å². The third kappa shape index (κ3) is 3.92. The summed E-state index contributed by atoms with van der Waals surface area (Å²) in [7, 11) is 1.78. The van der Waals surface area contributed by atoms with Crippen molar-refractivity contribution in [3.8, 4) is 17.1 Å². The number of nitrogens with one attached hydrogen (secondary N) is 1. The Morgan fingerprint density at radius 1 is 1.07 bits per heavy atom. The Hall–Kier alpha value is -3.59. The smallest absolute Gasteiger partial charge is 0.295 e. The van der Waals surface area contributed by atoms with Crippen LogP contribution in [0.4, 0.5) is 5.69 Å². The van der Waals surface area contributed by atoms with Crippen molar-refractivity contribution in [2.45, 2.75) is 12.1 Å². The van der Waals surface area contributed by atoms with Gasteiger partial charge >= 0.3 is 0 Å². The lowest BCUT2D eigenvalue weighted by atomic mass is 10.2. The molecule has 4 aromatic rings. The molecule has 2 aromatic heterocycles. The second-order valence-corrected chi connectivity index (χ2v) is 7.44. The number of para-hydroxylation sites is 1. The average molecular weight is 421 g/mol. The zero-order valence-electron chi connectivity index (χ0n) is 16.4. The fraction of sp³-hybridized carbons (Fsp3) is 0.143. The van der Waals surface area contributed by atoms with Crippen molar-refractivity contribution in [1.82, 2.24) is 19.6 Å². The highest BCUT2D eigenvalue weighted by molar-refractivity contribution is 7.99. The number of thioether (sulfide) groups is 1. The Balaban J connectivity index is 1.45. The van der Waals surface area contributed by atoms with E-state index in [0.29, 0.717) is 11.6 Å². The molecule has 152 valence electrons. The third-order valence-electron chi connectivity index (χ3n) is 4.57. The summed E-state index contributed by atoms with van der Waals surface area (Å²) in [6.07, 6.45) is 0. The van der Waals surface area contributed by atoms with Crippen molar-refractivity contribution in [3.05, 3.63) is 76.7 Å². The minimum atomic E-state index is -0.328. The summed E-state index contributed by atoms with van der Waals surface area (Å²) >= 11 is 1.11. The fourth-order valence-corrected chi connectivity index (χ4v) is 3.54. The molecule has 1 amide bonds. The van der Waals surface area contributed by atoms with Crippen LogP contribution in [0.25, 0.3) is 17.1 Å². The molecule has 0 saturated heterocycles. The largest absolute Gasteiger partial charge is 0.411 e. The van der Waals surface area contributed by atoms with Crippen molar-refractivity contribution in [2.24, 2.45) is 7.05 Å². The van der Waals surface area contributed by atoms with E-state index in [9.17, 15) is 9.59 Å². The van der Waals surface area contributed by atoms with Crippen LogP contribution in [0.1, 0.15) is 5.69 Å². The van der Waals surface area contributed by atoms with Crippen molar-refractivity contribution in [1.29, 1.82) is 0 Å². The molecular weight excluding hydrogens is 402 g/mol. The van der Waals surface area contributed by atoms with E-state index in [1.54, 1.807) is 18.7 Å². The average Bonchev–Trinajstić information content (AvgIpc) is 3.33. The molecule has 1 N–H and O–H groups in total. The van der Waals surface area contributed by atoms with Crippen molar-refractivity contribution < 1.29 is 9.21 Å². The molecule has 9 heteroatoms. The fourth-order valence-electron chi connectivity index (χ4n) is 2.98. The maximum atomic E-state index is 12.9. The van der Waals surface area contributed by atoms with E-state index in [1.165, 1.54) is 4.68 Å². The molecule has 2 heterocycles. The van der Waals surface area contributed by atoms with Crippen molar-refractivity contribution >= 4 is 23.4 Å². The van der Waals surface area contributed by atoms with E-state index in [1.807, 2.05) is 60.7 Å². The van der Waals surface area contributed by atoms with Crippen molar-refractivity contribution in [2.75, 3.05) is 11.1 Å². The molecular formula is C21H19N5O3S. The summed E-state index contributed by atoms with van der Waals surface area (Å²) in [5, 5.41) is 11.0. The predicted molar refractivity (Wildman–Crippen MR) is 115 cm³/mol. The van der Waals surface area contributed by atoms with Gasteiger partial charge in [-0.2, -0.15) is 0 Å². The van der Waals surface area contributed by atoms with Crippen LogP contribution in [0.3, 0.4) is 0 Å². The zero-order valence-corrected chi connectivity index (χ0v) is 17.2. The first-order chi connectivity index (χ1) is 14.5. The van der Waals surface area contributed by atoms with E-state index in [4.69, 9.17) is 4.42 Å². The summed E-state index contributed by atoms with van der Waals surface area (Å²) in [6, 6.07) is 18.6. The van der Waals surface area contributed by atoms with Gasteiger partial charge in [-0.3, -0.25) is 14.3 Å². The molecule has 30 heavy (non-hydrogen) atoms. The van der Waals surface area contributed by atoms with Gasteiger partial charge in [-0.05, 0) is 31.2 Å². The lowest BCUT2D eigenvalue weighted by Crippen LogP contribution is -2.23. The van der Waals surface area contributed by atoms with Crippen molar-refractivity contribution in [3.63, 3.8) is 0 Å². The second-order valence-electron chi connectivity index (χ2n) is 6.51. The van der Waals surface area contributed by atoms with Crippen LogP contribution in [0.5, 0.6) is 0 Å². The number of carbonyl (C=O) groups excluding carboxylic acids is 1. The number of amides is 1. The lowest BCUT2D eigenvalue weighted by molar-refractivity contribution is -0.113. The number of hydrogen-bond acceptors (Lipinski definition) is 6. The summed E-state index contributed by atoms with van der Waals surface area (Å²) in [4.78, 5) is 25.3. The highest BCUT2D eigenvalue weighted by Gasteiger charge is 2.19. The first-order valence-electron chi connectivity index (χ1n) is 9.20. The third-order valence-corrected chi connectivity index (χ3v) is 5.39. The Morgan fingerprint density at radius 3 is 2.43 bits per heavy atom. The number of hydrogen-bond donors (Lipinski definition) is 1. The molecule has 0 atom stereocenters. The van der Waals surface area contributed by atoms with E-state index in [-0.39, 0.29) is 28.1 Å². The van der Waals surface area contributed by atoms with Crippen LogP contribution < -0.4 is 10.9 Å². The molecule has 0 spiro atoms. The number of carbonyl (C=O) groups is 1. The summed E-state index contributed by atoms with van der Waals surface area (Å²) in [5.74, 6) is 0.101. The van der Waals surface area contributed by atoms with E-state index in [2.05, 4.69) is 15.5 Å². The molecule has 8 nitrogen and oxygen atoms in total. The topological polar surface area (TPSA) is 95.0 Å². The van der Waals surface area contributed by atoms with Crippen LogP contribution in [0, 0.1) is 6.92 Å². The normalized spacial score (nSPS) is 10.9. The number of rotatable bonds is 6. The molecule has 4 rings (SSSR count). The quantitative estimate of drug-likeness (QED) is 0.480. The number of aromatic nitrogens is 4. The second kappa shape index (κ2) is 8.42. The molecule has 2 aromatic carbocycles. The van der Waals surface area contributed by atoms with Gasteiger partial charge in [0.1, 0.15) is 5.69 Å². The van der Waals surface area contributed by atoms with Gasteiger partial charge in [0.25, 0.3) is 10.8 Å². The van der Waals surface area contributed by atoms with Gasteiger partial charge in [-0.25, -0.2) is 4.68 Å². The SMILES string of the molecule is Cc1c(NC(=O)CSc2nnc(-c3ccccc3)o2)c(=O)n(-c2ccccc2)n1C. The van der Waals surface area contributed by atoms with Crippen LogP contribution in [0.2, 0.25) is 0 Å². The molecule has 0 unspecified atom stereocenters. The highest BCUT2D eigenvalue weighted by Crippen LogP contribution is 2.23. The van der Waals surface area contributed by atoms with Gasteiger partial charge in [-0.1, -0.05) is 48.2 Å². The Bertz CT molecular complexity index is 1230. The maximum absolute atomic E-state index is 12.9. The standard InChI is InChI=1S/C21H19N5O3S/c1-14-18(20(28)26(25(14)2)16-11-7-4-8-12-16)22-17(27)13-30-21-24-23-19(29-21)15-9-5-3-6-10-15/h3-12H,13H2,1-2H3,(H,22,27). The molecule has 0 radical (unpaired) electrons. The monoisotopic (exact) mass is 421 g/mol. The summed E-state index contributed by atoms with van der Waals surface area (Å²) < 4.78 is 8.82. The Morgan fingerprint density at radius 2 is 1.73 bits per heavy atom. The van der Waals surface area contributed by atoms with Crippen LogP contribution >= 0.6 is 11.8 Å². The number of benzene rings is 2. The predicted octanol–water partition coefficient (Wildman–Crippen LogP) is 3.27. The molecule has 0 fully saturated rings. The van der Waals surface area contributed by atoms with Gasteiger partial charge < -0.3 is 9.73 Å².